The van der Waals surface area contributed by atoms with Crippen molar-refractivity contribution in [2.75, 3.05) is 6.54 Å². The molecule has 1 N–H and O–H groups in total. The fourth-order valence-electron chi connectivity index (χ4n) is 2.90. The number of hydrogen-bond acceptors (Lipinski definition) is 2. The Hall–Kier alpha value is -1.64. The van der Waals surface area contributed by atoms with Crippen molar-refractivity contribution in [1.82, 2.24) is 5.32 Å². The molecule has 0 spiro atoms. The number of hydrogen-bond donors (Lipinski definition) is 1. The molecule has 0 aliphatic rings. The molecule has 0 bridgehead atoms. The number of fused-ring (bicyclic) bond motifs is 1. The maximum atomic E-state index is 3.67. The molecule has 2 aromatic carbocycles. The van der Waals surface area contributed by atoms with Gasteiger partial charge in [0.25, 0.3) is 0 Å². The van der Waals surface area contributed by atoms with E-state index in [0.717, 1.165) is 6.54 Å². The first-order valence-corrected chi connectivity index (χ1v) is 8.36. The second kappa shape index (κ2) is 6.00. The summed E-state index contributed by atoms with van der Waals surface area (Å²) in [6, 6.07) is 15.6. The van der Waals surface area contributed by atoms with Gasteiger partial charge >= 0.3 is 0 Å². The summed E-state index contributed by atoms with van der Waals surface area (Å²) in [6.45, 7) is 7.55. The van der Waals surface area contributed by atoms with Crippen LogP contribution in [0.4, 0.5) is 0 Å². The summed E-state index contributed by atoms with van der Waals surface area (Å²) in [6.07, 6.45) is 0. The van der Waals surface area contributed by atoms with Gasteiger partial charge < -0.3 is 5.32 Å². The number of rotatable bonds is 4. The van der Waals surface area contributed by atoms with Gasteiger partial charge in [-0.1, -0.05) is 43.3 Å². The molecule has 2 heteroatoms. The van der Waals surface area contributed by atoms with Crippen molar-refractivity contribution in [3.05, 3.63) is 70.1 Å². The lowest BCUT2D eigenvalue weighted by molar-refractivity contribution is 0.632. The van der Waals surface area contributed by atoms with E-state index in [1.165, 1.54) is 32.3 Å². The van der Waals surface area contributed by atoms with Crippen LogP contribution in [0.1, 0.15) is 35.2 Å². The summed E-state index contributed by atoms with van der Waals surface area (Å²) in [4.78, 5) is 0. The van der Waals surface area contributed by atoms with E-state index >= 15 is 0 Å². The number of benzene rings is 2. The largest absolute Gasteiger partial charge is 0.306 e. The van der Waals surface area contributed by atoms with Crippen LogP contribution >= 0.6 is 11.3 Å². The Morgan fingerprint density at radius 2 is 1.81 bits per heavy atom. The van der Waals surface area contributed by atoms with Gasteiger partial charge in [-0.2, -0.15) is 0 Å². The van der Waals surface area contributed by atoms with Gasteiger partial charge in [0.15, 0.2) is 0 Å². The Kier molecular flexibility index (Phi) is 4.09. The molecule has 1 atom stereocenters. The summed E-state index contributed by atoms with van der Waals surface area (Å²) in [5.41, 5.74) is 5.53. The van der Waals surface area contributed by atoms with Crippen molar-refractivity contribution in [2.24, 2.45) is 0 Å². The van der Waals surface area contributed by atoms with E-state index in [1.54, 1.807) is 0 Å². The van der Waals surface area contributed by atoms with Gasteiger partial charge in [0.05, 0.1) is 6.04 Å². The zero-order chi connectivity index (χ0) is 14.8. The van der Waals surface area contributed by atoms with E-state index < -0.39 is 0 Å². The Bertz CT molecular complexity index is 757. The van der Waals surface area contributed by atoms with Crippen molar-refractivity contribution in [3.8, 4) is 0 Å². The monoisotopic (exact) mass is 295 g/mol. The number of aryl methyl sites for hydroxylation is 1. The first kappa shape index (κ1) is 14.3. The van der Waals surface area contributed by atoms with Crippen LogP contribution in [0.3, 0.4) is 0 Å². The van der Waals surface area contributed by atoms with Crippen LogP contribution in [-0.4, -0.2) is 6.54 Å². The molecule has 108 valence electrons. The smallest absolute Gasteiger partial charge is 0.0593 e. The van der Waals surface area contributed by atoms with Gasteiger partial charge in [0.2, 0.25) is 0 Å². The summed E-state index contributed by atoms with van der Waals surface area (Å²) < 4.78 is 1.36. The highest BCUT2D eigenvalue weighted by molar-refractivity contribution is 7.17. The molecule has 0 fully saturated rings. The van der Waals surface area contributed by atoms with E-state index in [2.05, 4.69) is 73.9 Å². The third kappa shape index (κ3) is 2.61. The third-order valence-corrected chi connectivity index (χ3v) is 5.17. The predicted octanol–water partition coefficient (Wildman–Crippen LogP) is 5.22. The van der Waals surface area contributed by atoms with Crippen molar-refractivity contribution < 1.29 is 0 Å². The first-order chi connectivity index (χ1) is 10.2. The SMILES string of the molecule is CCNC(c1cccc(C)c1C)c1csc2ccccc12. The zero-order valence-electron chi connectivity index (χ0n) is 12.8. The molecule has 1 heterocycles. The quantitative estimate of drug-likeness (QED) is 0.696. The topological polar surface area (TPSA) is 12.0 Å². The second-order valence-electron chi connectivity index (χ2n) is 5.47. The molecular formula is C19H21NS. The minimum atomic E-state index is 0.269. The van der Waals surface area contributed by atoms with Gasteiger partial charge in [0, 0.05) is 4.70 Å². The van der Waals surface area contributed by atoms with Crippen LogP contribution in [0, 0.1) is 13.8 Å². The maximum absolute atomic E-state index is 3.67. The lowest BCUT2D eigenvalue weighted by Crippen LogP contribution is -2.22. The Balaban J connectivity index is 2.16. The van der Waals surface area contributed by atoms with E-state index in [0.29, 0.717) is 0 Å². The predicted molar refractivity (Wildman–Crippen MR) is 93.3 cm³/mol. The normalized spacial score (nSPS) is 12.7. The average molecular weight is 295 g/mol. The molecule has 21 heavy (non-hydrogen) atoms. The van der Waals surface area contributed by atoms with Crippen molar-refractivity contribution in [1.29, 1.82) is 0 Å². The molecule has 0 saturated carbocycles. The standard InChI is InChI=1S/C19H21NS/c1-4-20-19(15-10-7-8-13(2)14(15)3)17-12-21-18-11-6-5-9-16(17)18/h5-12,19-20H,4H2,1-3H3. The molecule has 0 aliphatic heterocycles. The Labute approximate surface area is 130 Å². The number of nitrogens with one attached hydrogen (secondary N) is 1. The van der Waals surface area contributed by atoms with Crippen molar-refractivity contribution in [2.45, 2.75) is 26.8 Å². The zero-order valence-corrected chi connectivity index (χ0v) is 13.6. The van der Waals surface area contributed by atoms with Crippen LogP contribution in [-0.2, 0) is 0 Å². The molecule has 0 saturated heterocycles. The van der Waals surface area contributed by atoms with E-state index in [4.69, 9.17) is 0 Å². The second-order valence-corrected chi connectivity index (χ2v) is 6.38. The highest BCUT2D eigenvalue weighted by Gasteiger charge is 2.19. The minimum Gasteiger partial charge on any atom is -0.306 e. The average Bonchev–Trinajstić information content (AvgIpc) is 2.92. The third-order valence-electron chi connectivity index (χ3n) is 4.19. The highest BCUT2D eigenvalue weighted by atomic mass is 32.1. The molecule has 0 radical (unpaired) electrons. The summed E-state index contributed by atoms with van der Waals surface area (Å²) in [5, 5.41) is 7.34. The van der Waals surface area contributed by atoms with E-state index in [9.17, 15) is 0 Å². The molecular weight excluding hydrogens is 274 g/mol. The summed E-state index contributed by atoms with van der Waals surface area (Å²) >= 11 is 1.83. The summed E-state index contributed by atoms with van der Waals surface area (Å²) in [5.74, 6) is 0. The van der Waals surface area contributed by atoms with Crippen molar-refractivity contribution >= 4 is 21.4 Å². The fraction of sp³-hybridized carbons (Fsp3) is 0.263. The molecule has 1 aromatic heterocycles. The van der Waals surface area contributed by atoms with Gasteiger partial charge in [0.1, 0.15) is 0 Å². The van der Waals surface area contributed by atoms with Gasteiger partial charge in [-0.3, -0.25) is 0 Å². The molecule has 1 unspecified atom stereocenters. The van der Waals surface area contributed by atoms with Gasteiger partial charge in [-0.25, -0.2) is 0 Å². The summed E-state index contributed by atoms with van der Waals surface area (Å²) in [7, 11) is 0. The van der Waals surface area contributed by atoms with Gasteiger partial charge in [-0.05, 0) is 59.5 Å². The molecule has 3 rings (SSSR count). The van der Waals surface area contributed by atoms with Crippen LogP contribution in [0.5, 0.6) is 0 Å². The van der Waals surface area contributed by atoms with Gasteiger partial charge in [-0.15, -0.1) is 11.3 Å². The van der Waals surface area contributed by atoms with Crippen LogP contribution in [0.15, 0.2) is 47.8 Å². The number of thiophene rings is 1. The van der Waals surface area contributed by atoms with Crippen LogP contribution in [0.2, 0.25) is 0 Å². The molecule has 3 aromatic rings. The maximum Gasteiger partial charge on any atom is 0.0593 e. The lowest BCUT2D eigenvalue weighted by Gasteiger charge is -2.21. The lowest BCUT2D eigenvalue weighted by atomic mass is 9.92. The molecule has 1 nitrogen and oxygen atoms in total. The van der Waals surface area contributed by atoms with Crippen LogP contribution < -0.4 is 5.32 Å². The van der Waals surface area contributed by atoms with Crippen LogP contribution in [0.25, 0.3) is 10.1 Å². The van der Waals surface area contributed by atoms with E-state index in [1.807, 2.05) is 11.3 Å². The first-order valence-electron chi connectivity index (χ1n) is 7.48. The fourth-order valence-corrected chi connectivity index (χ4v) is 3.89. The Morgan fingerprint density at radius 3 is 2.62 bits per heavy atom. The molecule has 0 aliphatic carbocycles. The molecule has 0 amide bonds. The van der Waals surface area contributed by atoms with Crippen molar-refractivity contribution in [3.63, 3.8) is 0 Å². The van der Waals surface area contributed by atoms with E-state index in [-0.39, 0.29) is 6.04 Å². The minimum absolute atomic E-state index is 0.269. The Morgan fingerprint density at radius 1 is 1.00 bits per heavy atom. The highest BCUT2D eigenvalue weighted by Crippen LogP contribution is 2.35.